The van der Waals surface area contributed by atoms with Crippen molar-refractivity contribution in [3.63, 3.8) is 0 Å². The van der Waals surface area contributed by atoms with Crippen molar-refractivity contribution in [2.75, 3.05) is 45.9 Å². The zero-order valence-corrected chi connectivity index (χ0v) is 19.0. The number of halogens is 1. The summed E-state index contributed by atoms with van der Waals surface area (Å²) in [4.78, 5) is 19.2. The molecule has 2 unspecified atom stereocenters. The third-order valence-electron chi connectivity index (χ3n) is 6.91. The van der Waals surface area contributed by atoms with Crippen LogP contribution in [-0.2, 0) is 19.5 Å². The molecule has 7 heteroatoms. The van der Waals surface area contributed by atoms with Gasteiger partial charge in [-0.2, -0.15) is 0 Å². The molecule has 0 aromatic heterocycles. The van der Waals surface area contributed by atoms with E-state index in [9.17, 15) is 14.3 Å². The van der Waals surface area contributed by atoms with Gasteiger partial charge in [-0.3, -0.25) is 14.6 Å². The number of carbonyl (C=O) groups excluding carboxylic acids is 1. The van der Waals surface area contributed by atoms with Crippen LogP contribution < -0.4 is 4.74 Å². The Morgan fingerprint density at radius 3 is 2.73 bits per heavy atom. The van der Waals surface area contributed by atoms with E-state index in [1.165, 1.54) is 11.1 Å². The molecule has 2 aromatic rings. The fourth-order valence-corrected chi connectivity index (χ4v) is 5.18. The van der Waals surface area contributed by atoms with Gasteiger partial charge in [0.2, 0.25) is 0 Å². The van der Waals surface area contributed by atoms with Crippen molar-refractivity contribution in [3.05, 3.63) is 64.7 Å². The Morgan fingerprint density at radius 2 is 1.91 bits per heavy atom. The second-order valence-electron chi connectivity index (χ2n) is 9.46. The first-order valence-corrected chi connectivity index (χ1v) is 11.9. The number of alkyl halides is 1. The van der Waals surface area contributed by atoms with Crippen molar-refractivity contribution in [1.29, 1.82) is 0 Å². The zero-order chi connectivity index (χ0) is 22.8. The van der Waals surface area contributed by atoms with Crippen LogP contribution in [0.3, 0.4) is 0 Å². The Balaban J connectivity index is 1.19. The quantitative estimate of drug-likeness (QED) is 0.729. The Morgan fingerprint density at radius 1 is 1.06 bits per heavy atom. The maximum Gasteiger partial charge on any atom is 0.257 e. The van der Waals surface area contributed by atoms with Crippen LogP contribution in [-0.4, -0.2) is 83.9 Å². The monoisotopic (exact) mass is 453 g/mol. The molecule has 1 N–H and O–H groups in total. The van der Waals surface area contributed by atoms with Crippen LogP contribution in [0.1, 0.15) is 33.5 Å². The summed E-state index contributed by atoms with van der Waals surface area (Å²) in [5.74, 6) is 0.472. The number of rotatable bonds is 6. The van der Waals surface area contributed by atoms with E-state index in [0.29, 0.717) is 50.5 Å². The summed E-state index contributed by atoms with van der Waals surface area (Å²) >= 11 is 0. The average Bonchev–Trinajstić information content (AvgIpc) is 3.15. The number of β-amino-alcohol motifs (C(OH)–C–C–N with tert-alkyl or cyclic N) is 1. The summed E-state index contributed by atoms with van der Waals surface area (Å²) in [6, 6.07) is 14.1. The van der Waals surface area contributed by atoms with Crippen molar-refractivity contribution < 1.29 is 19.0 Å². The molecule has 0 aliphatic carbocycles. The molecule has 3 aliphatic heterocycles. The van der Waals surface area contributed by atoms with Gasteiger partial charge < -0.3 is 14.7 Å². The first-order valence-electron chi connectivity index (χ1n) is 11.9. The van der Waals surface area contributed by atoms with Gasteiger partial charge in [0.15, 0.2) is 0 Å². The van der Waals surface area contributed by atoms with E-state index in [1.54, 1.807) is 4.90 Å². The van der Waals surface area contributed by atoms with Gasteiger partial charge in [0.25, 0.3) is 5.91 Å². The van der Waals surface area contributed by atoms with E-state index in [4.69, 9.17) is 4.74 Å². The minimum Gasteiger partial charge on any atom is -0.491 e. The normalized spacial score (nSPS) is 22.4. The van der Waals surface area contributed by atoms with Crippen molar-refractivity contribution in [1.82, 2.24) is 14.7 Å². The third-order valence-corrected chi connectivity index (χ3v) is 6.91. The minimum absolute atomic E-state index is 0.109. The Bertz CT molecular complexity index is 1000. The average molecular weight is 454 g/mol. The molecule has 0 radical (unpaired) electrons. The predicted molar refractivity (Wildman–Crippen MR) is 124 cm³/mol. The number of aliphatic hydroxyl groups excluding tert-OH is 1. The molecule has 1 saturated heterocycles. The van der Waals surface area contributed by atoms with Gasteiger partial charge in [-0.1, -0.05) is 30.3 Å². The second-order valence-corrected chi connectivity index (χ2v) is 9.46. The van der Waals surface area contributed by atoms with Crippen LogP contribution >= 0.6 is 0 Å². The fraction of sp³-hybridized carbons (Fsp3) is 0.500. The molecule has 2 aromatic carbocycles. The van der Waals surface area contributed by atoms with Gasteiger partial charge in [-0.25, -0.2) is 4.39 Å². The fourth-order valence-electron chi connectivity index (χ4n) is 5.18. The molecule has 6 nitrogen and oxygen atoms in total. The van der Waals surface area contributed by atoms with Crippen LogP contribution in [0.15, 0.2) is 42.5 Å². The van der Waals surface area contributed by atoms with Crippen LogP contribution in [0, 0.1) is 0 Å². The van der Waals surface area contributed by atoms with E-state index in [0.717, 1.165) is 31.6 Å². The number of ether oxygens (including phenoxy) is 1. The maximum atomic E-state index is 13.5. The lowest BCUT2D eigenvalue weighted by Gasteiger charge is -2.32. The SMILES string of the molecule is O=C1c2ccc(CN3CCC(F)C3)cc2OCCN1CC(O)CN1CCc2ccccc2C1. The lowest BCUT2D eigenvalue weighted by Crippen LogP contribution is -2.44. The number of nitrogens with zero attached hydrogens (tertiary/aromatic N) is 3. The Kier molecular flexibility index (Phi) is 6.62. The van der Waals surface area contributed by atoms with Crippen molar-refractivity contribution in [2.45, 2.75) is 38.2 Å². The van der Waals surface area contributed by atoms with Crippen LogP contribution in [0.4, 0.5) is 4.39 Å². The zero-order valence-electron chi connectivity index (χ0n) is 19.0. The van der Waals surface area contributed by atoms with Gasteiger partial charge in [-0.05, 0) is 41.7 Å². The number of carbonyl (C=O) groups is 1. The Labute approximate surface area is 194 Å². The number of likely N-dealkylation sites (tertiary alicyclic amines) is 1. The first-order chi connectivity index (χ1) is 16.0. The Hall–Kier alpha value is -2.48. The van der Waals surface area contributed by atoms with Crippen molar-refractivity contribution in [3.8, 4) is 5.75 Å². The number of aliphatic hydroxyl groups is 1. The first kappa shape index (κ1) is 22.3. The minimum atomic E-state index is -0.747. The van der Waals surface area contributed by atoms with Gasteiger partial charge in [0, 0.05) is 45.8 Å². The number of hydrogen-bond acceptors (Lipinski definition) is 5. The highest BCUT2D eigenvalue weighted by molar-refractivity contribution is 5.97. The molecular weight excluding hydrogens is 421 g/mol. The lowest BCUT2D eigenvalue weighted by molar-refractivity contribution is 0.0501. The van der Waals surface area contributed by atoms with Gasteiger partial charge >= 0.3 is 0 Å². The van der Waals surface area contributed by atoms with Gasteiger partial charge in [0.05, 0.1) is 18.2 Å². The molecule has 2 atom stereocenters. The van der Waals surface area contributed by atoms with E-state index >= 15 is 0 Å². The number of amides is 1. The molecule has 3 aliphatic rings. The van der Waals surface area contributed by atoms with Crippen LogP contribution in [0.5, 0.6) is 5.75 Å². The summed E-state index contributed by atoms with van der Waals surface area (Å²) in [5, 5.41) is 10.8. The predicted octanol–water partition coefficient (Wildman–Crippen LogP) is 2.48. The highest BCUT2D eigenvalue weighted by Crippen LogP contribution is 2.27. The van der Waals surface area contributed by atoms with Gasteiger partial charge in [0.1, 0.15) is 18.5 Å². The highest BCUT2D eigenvalue weighted by Gasteiger charge is 2.28. The topological polar surface area (TPSA) is 56.3 Å². The second kappa shape index (κ2) is 9.79. The van der Waals surface area contributed by atoms with E-state index in [1.807, 2.05) is 18.2 Å². The molecule has 3 heterocycles. The molecule has 0 bridgehead atoms. The summed E-state index contributed by atoms with van der Waals surface area (Å²) in [5.41, 5.74) is 4.25. The molecular formula is C26H32FN3O3. The summed E-state index contributed by atoms with van der Waals surface area (Å²) in [6.45, 7) is 5.28. The summed E-state index contributed by atoms with van der Waals surface area (Å²) < 4.78 is 19.4. The van der Waals surface area contributed by atoms with E-state index < -0.39 is 12.3 Å². The van der Waals surface area contributed by atoms with Gasteiger partial charge in [-0.15, -0.1) is 0 Å². The maximum absolute atomic E-state index is 13.5. The number of hydrogen-bond donors (Lipinski definition) is 1. The smallest absolute Gasteiger partial charge is 0.257 e. The molecule has 1 amide bonds. The molecule has 0 spiro atoms. The molecule has 0 saturated carbocycles. The lowest BCUT2D eigenvalue weighted by atomic mass is 10.00. The highest BCUT2D eigenvalue weighted by atomic mass is 19.1. The standard InChI is InChI=1S/C26H32FN3O3/c27-22-8-10-28(16-22)14-19-5-6-24-25(13-19)33-12-11-30(26(24)32)18-23(31)17-29-9-7-20-3-1-2-4-21(20)15-29/h1-6,13,22-23,31H,7-12,14-18H2. The molecule has 5 rings (SSSR count). The van der Waals surface area contributed by atoms with E-state index in [2.05, 4.69) is 34.1 Å². The molecule has 1 fully saturated rings. The van der Waals surface area contributed by atoms with Crippen LogP contribution in [0.25, 0.3) is 0 Å². The summed E-state index contributed by atoms with van der Waals surface area (Å²) in [7, 11) is 0. The van der Waals surface area contributed by atoms with Crippen molar-refractivity contribution >= 4 is 5.91 Å². The number of fused-ring (bicyclic) bond motifs is 2. The summed E-state index contributed by atoms with van der Waals surface area (Å²) in [6.07, 6.45) is 0.201. The molecule has 33 heavy (non-hydrogen) atoms. The number of benzene rings is 2. The molecule has 176 valence electrons. The van der Waals surface area contributed by atoms with Crippen molar-refractivity contribution in [2.24, 2.45) is 0 Å². The van der Waals surface area contributed by atoms with Crippen LogP contribution in [0.2, 0.25) is 0 Å². The third kappa shape index (κ3) is 5.21. The largest absolute Gasteiger partial charge is 0.491 e. The van der Waals surface area contributed by atoms with E-state index in [-0.39, 0.29) is 12.5 Å².